The molecule has 0 saturated heterocycles. The number of hydrogen-bond donors (Lipinski definition) is 1. The zero-order valence-corrected chi connectivity index (χ0v) is 12.4. The summed E-state index contributed by atoms with van der Waals surface area (Å²) in [5, 5.41) is 9.53. The molecule has 0 fully saturated rings. The molecule has 0 amide bonds. The number of nitrogen functional groups attached to an aromatic ring is 1. The molecule has 1 aliphatic heterocycles. The Kier molecular flexibility index (Phi) is 3.34. The summed E-state index contributed by atoms with van der Waals surface area (Å²) < 4.78 is 19.1. The van der Waals surface area contributed by atoms with E-state index in [4.69, 9.17) is 10.5 Å². The molecule has 0 saturated carbocycles. The number of nitrogens with two attached hydrogens (primary N) is 1. The minimum absolute atomic E-state index is 0.308. The molecule has 1 heterocycles. The molecule has 2 aromatic rings. The molecule has 3 nitrogen and oxygen atoms in total. The summed E-state index contributed by atoms with van der Waals surface area (Å²) in [7, 11) is 0. The quantitative estimate of drug-likeness (QED) is 0.813. The van der Waals surface area contributed by atoms with Crippen LogP contribution in [0.2, 0.25) is 0 Å². The van der Waals surface area contributed by atoms with Crippen LogP contribution in [0.5, 0.6) is 5.75 Å². The van der Waals surface area contributed by atoms with Gasteiger partial charge < -0.3 is 10.5 Å². The molecule has 1 aliphatic rings. The number of hydrogen-bond acceptors (Lipinski definition) is 3. The number of fused-ring (bicyclic) bond motifs is 1. The van der Waals surface area contributed by atoms with Crippen LogP contribution in [-0.4, -0.2) is 6.10 Å². The van der Waals surface area contributed by atoms with Crippen molar-refractivity contribution < 1.29 is 9.13 Å². The van der Waals surface area contributed by atoms with Crippen LogP contribution in [-0.2, 0) is 0 Å². The lowest BCUT2D eigenvalue weighted by Gasteiger charge is -2.28. The standard InChI is InChI=1S/C18H15FN2O/c1-10-7-14(21)8-16-17(10)18(15(9-20)11(2)22-16)12-3-5-13(19)6-4-12/h3-8,11H,21H2,1-2H3. The van der Waals surface area contributed by atoms with Gasteiger partial charge in [-0.1, -0.05) is 12.1 Å². The van der Waals surface area contributed by atoms with Crippen molar-refractivity contribution in [1.29, 1.82) is 5.26 Å². The van der Waals surface area contributed by atoms with E-state index in [1.165, 1.54) is 12.1 Å². The van der Waals surface area contributed by atoms with Crippen LogP contribution in [0.3, 0.4) is 0 Å². The van der Waals surface area contributed by atoms with Crippen molar-refractivity contribution in [3.8, 4) is 11.8 Å². The number of aryl methyl sites for hydroxylation is 1. The van der Waals surface area contributed by atoms with Gasteiger partial charge in [0.1, 0.15) is 17.7 Å². The van der Waals surface area contributed by atoms with Crippen molar-refractivity contribution in [3.63, 3.8) is 0 Å². The van der Waals surface area contributed by atoms with E-state index in [0.717, 1.165) is 22.3 Å². The van der Waals surface area contributed by atoms with Crippen molar-refractivity contribution in [2.24, 2.45) is 0 Å². The highest BCUT2D eigenvalue weighted by molar-refractivity contribution is 5.90. The molecule has 0 aromatic heterocycles. The number of benzene rings is 2. The summed E-state index contributed by atoms with van der Waals surface area (Å²) in [5.74, 6) is 0.348. The molecule has 1 atom stereocenters. The molecule has 0 aliphatic carbocycles. The Labute approximate surface area is 128 Å². The van der Waals surface area contributed by atoms with Gasteiger partial charge in [-0.15, -0.1) is 0 Å². The van der Waals surface area contributed by atoms with Crippen LogP contribution < -0.4 is 10.5 Å². The average molecular weight is 294 g/mol. The van der Waals surface area contributed by atoms with Gasteiger partial charge in [0.25, 0.3) is 0 Å². The minimum atomic E-state index is -0.376. The predicted molar refractivity (Wildman–Crippen MR) is 83.7 cm³/mol. The molecule has 22 heavy (non-hydrogen) atoms. The maximum Gasteiger partial charge on any atom is 0.131 e. The highest BCUT2D eigenvalue weighted by atomic mass is 19.1. The summed E-state index contributed by atoms with van der Waals surface area (Å²) in [5.41, 5.74) is 10.4. The van der Waals surface area contributed by atoms with Crippen LogP contribution in [0.15, 0.2) is 42.0 Å². The van der Waals surface area contributed by atoms with Crippen LogP contribution >= 0.6 is 0 Å². The van der Waals surface area contributed by atoms with Crippen molar-refractivity contribution in [2.75, 3.05) is 5.73 Å². The second kappa shape index (κ2) is 5.19. The van der Waals surface area contributed by atoms with Gasteiger partial charge in [-0.25, -0.2) is 4.39 Å². The topological polar surface area (TPSA) is 59.0 Å². The average Bonchev–Trinajstić information content (AvgIpc) is 2.46. The molecule has 3 rings (SSSR count). The second-order valence-electron chi connectivity index (χ2n) is 5.38. The van der Waals surface area contributed by atoms with E-state index in [1.54, 1.807) is 18.2 Å². The molecule has 2 aromatic carbocycles. The van der Waals surface area contributed by atoms with E-state index in [2.05, 4.69) is 6.07 Å². The normalized spacial score (nSPS) is 16.7. The molecule has 4 heteroatoms. The van der Waals surface area contributed by atoms with Crippen molar-refractivity contribution in [2.45, 2.75) is 20.0 Å². The predicted octanol–water partition coefficient (Wildman–Crippen LogP) is 3.82. The third-order valence-corrected chi connectivity index (χ3v) is 3.80. The summed E-state index contributed by atoms with van der Waals surface area (Å²) in [6.45, 7) is 3.75. The van der Waals surface area contributed by atoms with Gasteiger partial charge in [-0.3, -0.25) is 0 Å². The Balaban J connectivity index is 2.33. The molecule has 0 radical (unpaired) electrons. The number of rotatable bonds is 1. The van der Waals surface area contributed by atoms with Crippen molar-refractivity contribution in [1.82, 2.24) is 0 Å². The summed E-state index contributed by atoms with van der Waals surface area (Å²) in [4.78, 5) is 0. The molecule has 0 bridgehead atoms. The molecule has 110 valence electrons. The number of nitrogens with zero attached hydrogens (tertiary/aromatic N) is 1. The SMILES string of the molecule is Cc1cc(N)cc2c1C(c1ccc(F)cc1)=C(C#N)C(C)O2. The van der Waals surface area contributed by atoms with Crippen LogP contribution in [0.4, 0.5) is 10.1 Å². The largest absolute Gasteiger partial charge is 0.485 e. The van der Waals surface area contributed by atoms with E-state index in [9.17, 15) is 9.65 Å². The van der Waals surface area contributed by atoms with Crippen molar-refractivity contribution >= 4 is 11.3 Å². The molecule has 1 unspecified atom stereocenters. The van der Waals surface area contributed by atoms with Gasteiger partial charge in [0.05, 0.1) is 11.6 Å². The Bertz CT molecular complexity index is 816. The molecule has 0 spiro atoms. The van der Waals surface area contributed by atoms with Crippen molar-refractivity contribution in [3.05, 3.63) is 64.5 Å². The van der Waals surface area contributed by atoms with Gasteiger partial charge >= 0.3 is 0 Å². The third-order valence-electron chi connectivity index (χ3n) is 3.80. The van der Waals surface area contributed by atoms with Gasteiger partial charge in [0.15, 0.2) is 0 Å². The summed E-state index contributed by atoms with van der Waals surface area (Å²) in [6, 6.07) is 12.0. The number of nitriles is 1. The fourth-order valence-corrected chi connectivity index (χ4v) is 2.85. The van der Waals surface area contributed by atoms with E-state index in [1.807, 2.05) is 19.9 Å². The van der Waals surface area contributed by atoms with E-state index >= 15 is 0 Å². The fraction of sp³-hybridized carbons (Fsp3) is 0.167. The maximum atomic E-state index is 13.2. The smallest absolute Gasteiger partial charge is 0.131 e. The first-order chi connectivity index (χ1) is 10.5. The van der Waals surface area contributed by atoms with E-state index in [0.29, 0.717) is 17.0 Å². The highest BCUT2D eigenvalue weighted by Gasteiger charge is 2.28. The van der Waals surface area contributed by atoms with Crippen LogP contribution in [0.1, 0.15) is 23.6 Å². The summed E-state index contributed by atoms with van der Waals surface area (Å²) in [6.07, 6.45) is -0.376. The number of halogens is 1. The van der Waals surface area contributed by atoms with E-state index < -0.39 is 0 Å². The highest BCUT2D eigenvalue weighted by Crippen LogP contribution is 2.42. The zero-order chi connectivity index (χ0) is 15.9. The Hall–Kier alpha value is -2.80. The van der Waals surface area contributed by atoms with Gasteiger partial charge in [0.2, 0.25) is 0 Å². The lowest BCUT2D eigenvalue weighted by Crippen LogP contribution is -2.22. The van der Waals surface area contributed by atoms with Crippen LogP contribution in [0, 0.1) is 24.1 Å². The van der Waals surface area contributed by atoms with E-state index in [-0.39, 0.29) is 11.9 Å². The van der Waals surface area contributed by atoms with Gasteiger partial charge in [0, 0.05) is 22.9 Å². The van der Waals surface area contributed by atoms with Gasteiger partial charge in [-0.2, -0.15) is 5.26 Å². The fourth-order valence-electron chi connectivity index (χ4n) is 2.85. The summed E-state index contributed by atoms with van der Waals surface area (Å²) >= 11 is 0. The molecular weight excluding hydrogens is 279 g/mol. The lowest BCUT2D eigenvalue weighted by molar-refractivity contribution is 0.257. The second-order valence-corrected chi connectivity index (χ2v) is 5.38. The van der Waals surface area contributed by atoms with Crippen LogP contribution in [0.25, 0.3) is 5.57 Å². The third kappa shape index (κ3) is 2.21. The maximum absolute atomic E-state index is 13.2. The number of ether oxygens (including phenoxy) is 1. The first-order valence-corrected chi connectivity index (χ1v) is 6.98. The zero-order valence-electron chi connectivity index (χ0n) is 12.4. The first kappa shape index (κ1) is 14.2. The molecule has 2 N–H and O–H groups in total. The number of anilines is 1. The Morgan fingerprint density at radius 2 is 1.91 bits per heavy atom. The monoisotopic (exact) mass is 294 g/mol. The minimum Gasteiger partial charge on any atom is -0.485 e. The lowest BCUT2D eigenvalue weighted by atomic mass is 9.86. The Morgan fingerprint density at radius 3 is 2.55 bits per heavy atom. The first-order valence-electron chi connectivity index (χ1n) is 6.98. The van der Waals surface area contributed by atoms with Gasteiger partial charge in [-0.05, 0) is 43.2 Å². The molecular formula is C18H15FN2O. The Morgan fingerprint density at radius 1 is 1.23 bits per heavy atom.